The van der Waals surface area contributed by atoms with Gasteiger partial charge in [0.15, 0.2) is 18.3 Å². The lowest BCUT2D eigenvalue weighted by Gasteiger charge is -2.28. The van der Waals surface area contributed by atoms with Gasteiger partial charge in [0.05, 0.1) is 6.61 Å². The molecule has 0 spiro atoms. The predicted molar refractivity (Wildman–Crippen MR) is 261 cm³/mol. The first-order valence-corrected chi connectivity index (χ1v) is 27.2. The summed E-state index contributed by atoms with van der Waals surface area (Å²) < 4.78 is 30.0. The molecule has 0 aliphatic carbocycles. The molecule has 1 unspecified atom stereocenters. The Labute approximate surface area is 393 Å². The van der Waals surface area contributed by atoms with Crippen molar-refractivity contribution in [1.82, 2.24) is 4.90 Å². The average Bonchev–Trinajstić information content (AvgIpc) is 3.65. The van der Waals surface area contributed by atoms with Crippen LogP contribution in [0.25, 0.3) is 0 Å². The molecule has 0 N–H and O–H groups in total. The van der Waals surface area contributed by atoms with E-state index in [-0.39, 0.29) is 44.9 Å². The molecule has 0 radical (unpaired) electrons. The molecule has 0 aromatic rings. The van der Waals surface area contributed by atoms with E-state index in [4.69, 9.17) is 23.7 Å². The first kappa shape index (κ1) is 59.8. The molecular formula is C54H101NO9. The molecule has 376 valence electrons. The molecule has 1 heterocycles. The van der Waals surface area contributed by atoms with E-state index in [0.29, 0.717) is 19.3 Å². The second-order valence-electron chi connectivity index (χ2n) is 19.3. The van der Waals surface area contributed by atoms with Crippen LogP contribution in [0.5, 0.6) is 0 Å². The fourth-order valence-electron chi connectivity index (χ4n) is 8.62. The van der Waals surface area contributed by atoms with Crippen LogP contribution in [0.1, 0.15) is 265 Å². The minimum atomic E-state index is -1.02. The maximum Gasteiger partial charge on any atom is 0.306 e. The Morgan fingerprint density at radius 1 is 0.453 bits per heavy atom. The maximum atomic E-state index is 13.4. The van der Waals surface area contributed by atoms with Crippen molar-refractivity contribution in [2.24, 2.45) is 0 Å². The quantitative estimate of drug-likeness (QED) is 0.0332. The Morgan fingerprint density at radius 2 is 0.797 bits per heavy atom. The number of carbonyl (C=O) groups is 4. The first-order chi connectivity index (χ1) is 31.2. The lowest BCUT2D eigenvalue weighted by atomic mass is 10.0. The van der Waals surface area contributed by atoms with Crippen LogP contribution in [0.4, 0.5) is 0 Å². The predicted octanol–water partition coefficient (Wildman–Crippen LogP) is 14.1. The molecule has 0 saturated carbocycles. The fourth-order valence-corrected chi connectivity index (χ4v) is 8.62. The molecule has 10 heteroatoms. The zero-order valence-corrected chi connectivity index (χ0v) is 42.4. The fraction of sp³-hybridized carbons (Fsp3) is 0.926. The minimum Gasteiger partial charge on any atom is -0.462 e. The van der Waals surface area contributed by atoms with E-state index in [9.17, 15) is 19.2 Å². The van der Waals surface area contributed by atoms with Crippen LogP contribution in [-0.2, 0) is 42.9 Å². The van der Waals surface area contributed by atoms with Gasteiger partial charge in [-0.2, -0.15) is 0 Å². The summed E-state index contributed by atoms with van der Waals surface area (Å²) in [6.07, 6.45) is 36.7. The second kappa shape index (κ2) is 43.4. The van der Waals surface area contributed by atoms with Gasteiger partial charge in [0, 0.05) is 25.7 Å². The number of ether oxygens (including phenoxy) is 5. The third kappa shape index (κ3) is 35.1. The highest BCUT2D eigenvalue weighted by Crippen LogP contribution is 2.28. The molecule has 4 atom stereocenters. The van der Waals surface area contributed by atoms with E-state index in [1.165, 1.54) is 148 Å². The molecule has 64 heavy (non-hydrogen) atoms. The van der Waals surface area contributed by atoms with E-state index in [2.05, 4.69) is 20.8 Å². The van der Waals surface area contributed by atoms with Crippen molar-refractivity contribution in [1.29, 1.82) is 0 Å². The summed E-state index contributed by atoms with van der Waals surface area (Å²) in [7, 11) is 3.90. The smallest absolute Gasteiger partial charge is 0.306 e. The number of carbonyl (C=O) groups excluding carboxylic acids is 4. The summed E-state index contributed by atoms with van der Waals surface area (Å²) in [5.41, 5.74) is 0. The number of nitrogens with zero attached hydrogens (tertiary/aromatic N) is 1. The zero-order chi connectivity index (χ0) is 46.7. The Balaban J connectivity index is 2.86. The minimum absolute atomic E-state index is 0.00547. The van der Waals surface area contributed by atoms with Gasteiger partial charge in [0.25, 0.3) is 0 Å². The van der Waals surface area contributed by atoms with Crippen LogP contribution >= 0.6 is 0 Å². The van der Waals surface area contributed by atoms with E-state index in [0.717, 1.165) is 57.9 Å². The van der Waals surface area contributed by atoms with E-state index < -0.39 is 42.3 Å². The number of hydrogen-bond acceptors (Lipinski definition) is 10. The lowest BCUT2D eigenvalue weighted by Crippen LogP contribution is -2.47. The SMILES string of the molecule is CCCCCCCCCCCCCC(=O)O[C@H]1COC([C@@H](COC(=O)CCCN(C)C)OC(=O)CCCCCCCCCCCCC)[C@@H]1OC(=O)CCCCCCCCCCCCC. The van der Waals surface area contributed by atoms with Gasteiger partial charge >= 0.3 is 23.9 Å². The Morgan fingerprint density at radius 3 is 1.19 bits per heavy atom. The topological polar surface area (TPSA) is 118 Å². The van der Waals surface area contributed by atoms with Crippen LogP contribution < -0.4 is 0 Å². The summed E-state index contributed by atoms with van der Waals surface area (Å²) in [5.74, 6) is -1.55. The lowest BCUT2D eigenvalue weighted by molar-refractivity contribution is -0.179. The number of rotatable bonds is 46. The molecule has 1 aliphatic heterocycles. The van der Waals surface area contributed by atoms with Crippen molar-refractivity contribution < 1.29 is 42.9 Å². The highest BCUT2D eigenvalue weighted by Gasteiger charge is 2.48. The maximum absolute atomic E-state index is 13.4. The summed E-state index contributed by atoms with van der Waals surface area (Å²) in [6.45, 7) is 7.23. The van der Waals surface area contributed by atoms with Crippen molar-refractivity contribution in [3.05, 3.63) is 0 Å². The van der Waals surface area contributed by atoms with Crippen LogP contribution in [0, 0.1) is 0 Å². The summed E-state index contributed by atoms with van der Waals surface area (Å²) in [6, 6.07) is 0. The van der Waals surface area contributed by atoms with Gasteiger partial charge in [-0.25, -0.2) is 0 Å². The largest absolute Gasteiger partial charge is 0.462 e. The van der Waals surface area contributed by atoms with Gasteiger partial charge in [-0.1, -0.05) is 213 Å². The summed E-state index contributed by atoms with van der Waals surface area (Å²) >= 11 is 0. The Hall–Kier alpha value is -2.20. The summed E-state index contributed by atoms with van der Waals surface area (Å²) in [5, 5.41) is 0. The third-order valence-electron chi connectivity index (χ3n) is 12.7. The van der Waals surface area contributed by atoms with Crippen molar-refractivity contribution in [2.45, 2.75) is 289 Å². The Kier molecular flexibility index (Phi) is 40.5. The van der Waals surface area contributed by atoms with Crippen molar-refractivity contribution in [3.63, 3.8) is 0 Å². The molecule has 10 nitrogen and oxygen atoms in total. The van der Waals surface area contributed by atoms with Crippen molar-refractivity contribution in [2.75, 3.05) is 33.9 Å². The van der Waals surface area contributed by atoms with Crippen LogP contribution in [-0.4, -0.2) is 87.0 Å². The summed E-state index contributed by atoms with van der Waals surface area (Å²) in [4.78, 5) is 54.8. The molecule has 1 rings (SSSR count). The van der Waals surface area contributed by atoms with Gasteiger partial charge in [-0.3, -0.25) is 19.2 Å². The van der Waals surface area contributed by atoms with Gasteiger partial charge in [-0.15, -0.1) is 0 Å². The third-order valence-corrected chi connectivity index (χ3v) is 12.7. The normalized spacial score (nSPS) is 16.6. The standard InChI is InChI=1S/C54H101NO9/c1-6-9-12-15-18-21-24-27-30-33-36-40-50(57)62-47(45-60-49(56)43-39-44-55(4)5)53-54(64-52(59)42-38-35-32-29-26-23-20-17-14-11-8-3)48(46-61-53)63-51(58)41-37-34-31-28-25-22-19-16-13-10-7-2/h47-48,53-54H,6-46H2,1-5H3/t47-,48+,53?,54-/m1/s1. The molecule has 1 fully saturated rings. The van der Waals surface area contributed by atoms with Gasteiger partial charge < -0.3 is 28.6 Å². The van der Waals surface area contributed by atoms with Crippen molar-refractivity contribution in [3.8, 4) is 0 Å². The number of hydrogen-bond donors (Lipinski definition) is 0. The zero-order valence-electron chi connectivity index (χ0n) is 42.4. The van der Waals surface area contributed by atoms with Gasteiger partial charge in [0.1, 0.15) is 12.7 Å². The molecule has 0 amide bonds. The molecule has 1 aliphatic rings. The average molecular weight is 908 g/mol. The van der Waals surface area contributed by atoms with E-state index in [1.807, 2.05) is 19.0 Å². The highest BCUT2D eigenvalue weighted by atomic mass is 16.7. The van der Waals surface area contributed by atoms with Crippen LogP contribution in [0.3, 0.4) is 0 Å². The van der Waals surface area contributed by atoms with Crippen LogP contribution in [0.15, 0.2) is 0 Å². The molecule has 1 saturated heterocycles. The van der Waals surface area contributed by atoms with E-state index in [1.54, 1.807) is 0 Å². The molecule has 0 bridgehead atoms. The van der Waals surface area contributed by atoms with Crippen LogP contribution in [0.2, 0.25) is 0 Å². The molecule has 0 aromatic carbocycles. The monoisotopic (exact) mass is 908 g/mol. The Bertz CT molecular complexity index is 1120. The van der Waals surface area contributed by atoms with Gasteiger partial charge in [-0.05, 0) is 46.3 Å². The molecular weight excluding hydrogens is 807 g/mol. The number of esters is 4. The second-order valence-corrected chi connectivity index (χ2v) is 19.3. The molecule has 0 aromatic heterocycles. The first-order valence-electron chi connectivity index (χ1n) is 27.2. The van der Waals surface area contributed by atoms with E-state index >= 15 is 0 Å². The number of unbranched alkanes of at least 4 members (excludes halogenated alkanes) is 30. The van der Waals surface area contributed by atoms with Gasteiger partial charge in [0.2, 0.25) is 0 Å². The van der Waals surface area contributed by atoms with Crippen molar-refractivity contribution >= 4 is 23.9 Å². The highest BCUT2D eigenvalue weighted by molar-refractivity contribution is 5.71.